The second kappa shape index (κ2) is 6.34. The van der Waals surface area contributed by atoms with Crippen LogP contribution in [0.2, 0.25) is 0 Å². The van der Waals surface area contributed by atoms with Gasteiger partial charge >= 0.3 is 0 Å². The molecule has 22 heavy (non-hydrogen) atoms. The highest BCUT2D eigenvalue weighted by Gasteiger charge is 2.24. The highest BCUT2D eigenvalue weighted by atomic mass is 16.1. The lowest BCUT2D eigenvalue weighted by Crippen LogP contribution is -2.33. The van der Waals surface area contributed by atoms with E-state index >= 15 is 0 Å². The number of nitrogens with one attached hydrogen (secondary N) is 1. The first-order valence-corrected chi connectivity index (χ1v) is 8.09. The number of amides is 1. The molecule has 0 spiro atoms. The van der Waals surface area contributed by atoms with Gasteiger partial charge < -0.3 is 9.88 Å². The van der Waals surface area contributed by atoms with Gasteiger partial charge in [0.05, 0.1) is 5.69 Å². The first kappa shape index (κ1) is 14.8. The number of carbonyl (C=O) groups excluding carboxylic acids is 1. The molecule has 0 unspecified atom stereocenters. The molecule has 2 aromatic rings. The van der Waals surface area contributed by atoms with Crippen molar-refractivity contribution < 1.29 is 4.79 Å². The molecule has 0 atom stereocenters. The molecule has 3 rings (SSSR count). The molecule has 1 aromatic heterocycles. The number of hydrogen-bond acceptors (Lipinski definition) is 2. The Bertz CT molecular complexity index is 653. The molecule has 4 nitrogen and oxygen atoms in total. The molecule has 1 aliphatic carbocycles. The van der Waals surface area contributed by atoms with Crippen LogP contribution in [0.5, 0.6) is 0 Å². The van der Waals surface area contributed by atoms with E-state index < -0.39 is 0 Å². The van der Waals surface area contributed by atoms with E-state index in [0.717, 1.165) is 42.0 Å². The monoisotopic (exact) mass is 297 g/mol. The van der Waals surface area contributed by atoms with E-state index in [1.54, 1.807) is 0 Å². The van der Waals surface area contributed by atoms with Gasteiger partial charge in [-0.25, -0.2) is 4.98 Å². The van der Waals surface area contributed by atoms with E-state index in [1.165, 1.54) is 6.42 Å². The van der Waals surface area contributed by atoms with Crippen molar-refractivity contribution in [2.45, 2.75) is 46.1 Å². The largest absolute Gasteiger partial charge is 0.352 e. The number of benzene rings is 1. The molecule has 1 heterocycles. The van der Waals surface area contributed by atoms with Crippen LogP contribution in [0, 0.1) is 12.8 Å². The van der Waals surface area contributed by atoms with E-state index in [9.17, 15) is 4.79 Å². The van der Waals surface area contributed by atoms with Gasteiger partial charge in [-0.3, -0.25) is 4.79 Å². The van der Waals surface area contributed by atoms with E-state index in [4.69, 9.17) is 0 Å². The SMILES string of the molecule is CCc1nc(C)cn1-c1ccc(CNC(=O)C2CCC2)cc1. The zero-order valence-corrected chi connectivity index (χ0v) is 13.3. The van der Waals surface area contributed by atoms with E-state index in [1.807, 2.05) is 6.92 Å². The van der Waals surface area contributed by atoms with Gasteiger partial charge in [0, 0.05) is 30.8 Å². The minimum Gasteiger partial charge on any atom is -0.352 e. The summed E-state index contributed by atoms with van der Waals surface area (Å²) in [5.74, 6) is 1.53. The predicted octanol–water partition coefficient (Wildman–Crippen LogP) is 3.16. The number of aromatic nitrogens is 2. The highest BCUT2D eigenvalue weighted by Crippen LogP contribution is 2.26. The first-order valence-electron chi connectivity index (χ1n) is 8.09. The van der Waals surface area contributed by atoms with Gasteiger partial charge in [-0.1, -0.05) is 25.5 Å². The average Bonchev–Trinajstić information content (AvgIpc) is 2.85. The summed E-state index contributed by atoms with van der Waals surface area (Å²) < 4.78 is 2.13. The van der Waals surface area contributed by atoms with Crippen LogP contribution in [-0.2, 0) is 17.8 Å². The Labute approximate surface area is 131 Å². The number of imidazole rings is 1. The number of nitrogens with zero attached hydrogens (tertiary/aromatic N) is 2. The van der Waals surface area contributed by atoms with Crippen LogP contribution in [0.1, 0.15) is 43.3 Å². The van der Waals surface area contributed by atoms with Crippen molar-refractivity contribution in [3.05, 3.63) is 47.5 Å². The Kier molecular flexibility index (Phi) is 4.27. The van der Waals surface area contributed by atoms with Crippen LogP contribution in [0.15, 0.2) is 30.5 Å². The van der Waals surface area contributed by atoms with Crippen LogP contribution in [0.25, 0.3) is 5.69 Å². The van der Waals surface area contributed by atoms with Gasteiger partial charge in [-0.15, -0.1) is 0 Å². The van der Waals surface area contributed by atoms with E-state index in [-0.39, 0.29) is 11.8 Å². The second-order valence-corrected chi connectivity index (χ2v) is 6.03. The lowest BCUT2D eigenvalue weighted by atomic mass is 9.85. The van der Waals surface area contributed by atoms with Gasteiger partial charge in [0.2, 0.25) is 5.91 Å². The van der Waals surface area contributed by atoms with Crippen LogP contribution < -0.4 is 5.32 Å². The van der Waals surface area contributed by atoms with Crippen molar-refractivity contribution in [2.75, 3.05) is 0 Å². The van der Waals surface area contributed by atoms with Gasteiger partial charge in [0.25, 0.3) is 0 Å². The molecule has 0 saturated heterocycles. The third-order valence-corrected chi connectivity index (χ3v) is 4.37. The number of rotatable bonds is 5. The molecule has 1 aromatic carbocycles. The number of hydrogen-bond donors (Lipinski definition) is 1. The fourth-order valence-corrected chi connectivity index (χ4v) is 2.80. The van der Waals surface area contributed by atoms with Crippen molar-refractivity contribution >= 4 is 5.91 Å². The molecular weight excluding hydrogens is 274 g/mol. The summed E-state index contributed by atoms with van der Waals surface area (Å²) in [5, 5.41) is 3.03. The Balaban J connectivity index is 1.65. The van der Waals surface area contributed by atoms with Crippen LogP contribution in [-0.4, -0.2) is 15.5 Å². The molecule has 1 saturated carbocycles. The molecule has 1 fully saturated rings. The Hall–Kier alpha value is -2.10. The summed E-state index contributed by atoms with van der Waals surface area (Å²) in [6.07, 6.45) is 6.26. The van der Waals surface area contributed by atoms with Gasteiger partial charge in [-0.2, -0.15) is 0 Å². The van der Waals surface area contributed by atoms with Crippen LogP contribution >= 0.6 is 0 Å². The lowest BCUT2D eigenvalue weighted by Gasteiger charge is -2.24. The summed E-state index contributed by atoms with van der Waals surface area (Å²) in [4.78, 5) is 16.4. The summed E-state index contributed by atoms with van der Waals surface area (Å²) in [6.45, 7) is 4.74. The number of carbonyl (C=O) groups is 1. The van der Waals surface area contributed by atoms with Crippen molar-refractivity contribution in [1.29, 1.82) is 0 Å². The fraction of sp³-hybridized carbons (Fsp3) is 0.444. The molecule has 0 bridgehead atoms. The molecule has 0 radical (unpaired) electrons. The summed E-state index contributed by atoms with van der Waals surface area (Å²) in [6, 6.07) is 8.33. The van der Waals surface area contributed by atoms with Crippen LogP contribution in [0.3, 0.4) is 0 Å². The molecule has 1 aliphatic rings. The molecule has 116 valence electrons. The van der Waals surface area contributed by atoms with E-state index in [0.29, 0.717) is 6.54 Å². The van der Waals surface area contributed by atoms with Crippen molar-refractivity contribution in [3.8, 4) is 5.69 Å². The van der Waals surface area contributed by atoms with Crippen LogP contribution in [0.4, 0.5) is 0 Å². The van der Waals surface area contributed by atoms with E-state index in [2.05, 4.69) is 52.3 Å². The topological polar surface area (TPSA) is 46.9 Å². The Morgan fingerprint density at radius 3 is 2.64 bits per heavy atom. The molecule has 4 heteroatoms. The third-order valence-electron chi connectivity index (χ3n) is 4.37. The minimum absolute atomic E-state index is 0.203. The fourth-order valence-electron chi connectivity index (χ4n) is 2.80. The highest BCUT2D eigenvalue weighted by molar-refractivity contribution is 5.79. The predicted molar refractivity (Wildman–Crippen MR) is 86.9 cm³/mol. The Morgan fingerprint density at radius 1 is 1.32 bits per heavy atom. The average molecular weight is 297 g/mol. The smallest absolute Gasteiger partial charge is 0.223 e. The van der Waals surface area contributed by atoms with Crippen molar-refractivity contribution in [3.63, 3.8) is 0 Å². The molecule has 1 N–H and O–H groups in total. The third kappa shape index (κ3) is 3.06. The first-order chi connectivity index (χ1) is 10.7. The number of aryl methyl sites for hydroxylation is 2. The van der Waals surface area contributed by atoms with Gasteiger partial charge in [0.1, 0.15) is 5.82 Å². The minimum atomic E-state index is 0.203. The maximum atomic E-state index is 11.8. The quantitative estimate of drug-likeness (QED) is 0.921. The maximum Gasteiger partial charge on any atom is 0.223 e. The molecule has 1 amide bonds. The summed E-state index contributed by atoms with van der Waals surface area (Å²) in [7, 11) is 0. The second-order valence-electron chi connectivity index (χ2n) is 6.03. The Morgan fingerprint density at radius 2 is 2.05 bits per heavy atom. The molecular formula is C18H23N3O. The maximum absolute atomic E-state index is 11.8. The summed E-state index contributed by atoms with van der Waals surface area (Å²) in [5.41, 5.74) is 3.28. The zero-order valence-electron chi connectivity index (χ0n) is 13.3. The lowest BCUT2D eigenvalue weighted by molar-refractivity contribution is -0.127. The summed E-state index contributed by atoms with van der Waals surface area (Å²) >= 11 is 0. The normalized spacial score (nSPS) is 14.6. The zero-order chi connectivity index (χ0) is 15.5. The molecule has 0 aliphatic heterocycles. The van der Waals surface area contributed by atoms with Crippen molar-refractivity contribution in [2.24, 2.45) is 5.92 Å². The van der Waals surface area contributed by atoms with Crippen molar-refractivity contribution in [1.82, 2.24) is 14.9 Å². The van der Waals surface area contributed by atoms with Gasteiger partial charge in [-0.05, 0) is 37.5 Å². The van der Waals surface area contributed by atoms with Gasteiger partial charge in [0.15, 0.2) is 0 Å². The standard InChI is InChI=1S/C18H23N3O/c1-3-17-20-13(2)12-21(17)16-9-7-14(8-10-16)11-19-18(22)15-5-4-6-15/h7-10,12,15H,3-6,11H2,1-2H3,(H,19,22).